The van der Waals surface area contributed by atoms with Gasteiger partial charge in [0.05, 0.1) is 18.4 Å². The Balaban J connectivity index is 1.74. The monoisotopic (exact) mass is 418 g/mol. The predicted molar refractivity (Wildman–Crippen MR) is 121 cm³/mol. The average molecular weight is 419 g/mol. The molecule has 3 aromatic rings. The van der Waals surface area contributed by atoms with Gasteiger partial charge >= 0.3 is 0 Å². The number of nitrogens with one attached hydrogen (secondary N) is 1. The van der Waals surface area contributed by atoms with E-state index < -0.39 is 0 Å². The smallest absolute Gasteiger partial charge is 0.282 e. The number of imide groups is 1. The van der Waals surface area contributed by atoms with Crippen LogP contribution in [0, 0.1) is 0 Å². The number of rotatable bonds is 6. The van der Waals surface area contributed by atoms with E-state index >= 15 is 0 Å². The summed E-state index contributed by atoms with van der Waals surface area (Å²) in [6.45, 7) is 4.26. The first-order valence-electron chi connectivity index (χ1n) is 9.67. The van der Waals surface area contributed by atoms with E-state index in [1.54, 1.807) is 31.4 Å². The third kappa shape index (κ3) is 3.62. The van der Waals surface area contributed by atoms with Crippen LogP contribution < -0.4 is 15.0 Å². The quantitative estimate of drug-likeness (QED) is 0.554. The fourth-order valence-electron chi connectivity index (χ4n) is 3.37. The molecule has 30 heavy (non-hydrogen) atoms. The Morgan fingerprint density at radius 3 is 2.37 bits per heavy atom. The summed E-state index contributed by atoms with van der Waals surface area (Å²) < 4.78 is 5.26. The minimum atomic E-state index is -0.385. The first-order valence-corrected chi connectivity index (χ1v) is 10.6. The van der Waals surface area contributed by atoms with Crippen molar-refractivity contribution in [2.24, 2.45) is 0 Å². The second-order valence-corrected chi connectivity index (χ2v) is 8.22. The van der Waals surface area contributed by atoms with Crippen molar-refractivity contribution in [2.75, 3.05) is 17.3 Å². The average Bonchev–Trinajstić information content (AvgIpc) is 3.35. The number of benzene rings is 2. The number of hydrogen-bond acceptors (Lipinski definition) is 5. The summed E-state index contributed by atoms with van der Waals surface area (Å²) in [5.41, 5.74) is 3.11. The van der Waals surface area contributed by atoms with Gasteiger partial charge in [-0.3, -0.25) is 9.59 Å². The zero-order chi connectivity index (χ0) is 21.3. The van der Waals surface area contributed by atoms with Crippen LogP contribution in [0.3, 0.4) is 0 Å². The summed E-state index contributed by atoms with van der Waals surface area (Å²) in [5, 5.41) is 5.09. The molecule has 0 radical (unpaired) electrons. The molecule has 0 atom stereocenters. The van der Waals surface area contributed by atoms with Gasteiger partial charge in [-0.1, -0.05) is 38.1 Å². The van der Waals surface area contributed by atoms with E-state index in [9.17, 15) is 9.59 Å². The number of amides is 2. The lowest BCUT2D eigenvalue weighted by molar-refractivity contribution is -0.120. The largest absolute Gasteiger partial charge is 0.497 e. The Morgan fingerprint density at radius 1 is 0.967 bits per heavy atom. The topological polar surface area (TPSA) is 58.6 Å². The summed E-state index contributed by atoms with van der Waals surface area (Å²) in [5.74, 6) is 0.260. The maximum atomic E-state index is 13.3. The van der Waals surface area contributed by atoms with Gasteiger partial charge in [-0.25, -0.2) is 4.90 Å². The van der Waals surface area contributed by atoms with Crippen molar-refractivity contribution in [2.45, 2.75) is 19.8 Å². The summed E-state index contributed by atoms with van der Waals surface area (Å²) >= 11 is 1.43. The molecule has 2 heterocycles. The van der Waals surface area contributed by atoms with E-state index in [2.05, 4.69) is 19.2 Å². The van der Waals surface area contributed by atoms with Gasteiger partial charge in [-0.15, -0.1) is 11.3 Å². The minimum absolute atomic E-state index is 0.280. The molecule has 1 aliphatic rings. The molecule has 5 nitrogen and oxygen atoms in total. The number of carbonyl (C=O) groups is 2. The van der Waals surface area contributed by atoms with E-state index in [0.717, 1.165) is 10.6 Å². The van der Waals surface area contributed by atoms with Gasteiger partial charge in [0.25, 0.3) is 11.8 Å². The van der Waals surface area contributed by atoms with E-state index in [0.29, 0.717) is 22.9 Å². The van der Waals surface area contributed by atoms with Crippen molar-refractivity contribution in [1.29, 1.82) is 0 Å². The third-order valence-electron chi connectivity index (χ3n) is 5.01. The predicted octanol–water partition coefficient (Wildman–Crippen LogP) is 5.28. The lowest BCUT2D eigenvalue weighted by atomic mass is 10.0. The molecule has 1 aliphatic heterocycles. The van der Waals surface area contributed by atoms with Crippen LogP contribution in [0.5, 0.6) is 5.75 Å². The Kier molecular flexibility index (Phi) is 5.42. The maximum Gasteiger partial charge on any atom is 0.282 e. The van der Waals surface area contributed by atoms with Crippen molar-refractivity contribution in [3.63, 3.8) is 0 Å². The highest BCUT2D eigenvalue weighted by molar-refractivity contribution is 7.11. The highest BCUT2D eigenvalue weighted by Gasteiger charge is 2.40. The molecule has 6 heteroatoms. The highest BCUT2D eigenvalue weighted by atomic mass is 32.1. The number of methoxy groups -OCH3 is 1. The van der Waals surface area contributed by atoms with Gasteiger partial charge in [0.15, 0.2) is 0 Å². The molecular formula is C24H22N2O3S. The third-order valence-corrected chi connectivity index (χ3v) is 5.90. The van der Waals surface area contributed by atoms with Crippen molar-refractivity contribution in [1.82, 2.24) is 0 Å². The van der Waals surface area contributed by atoms with Gasteiger partial charge in [-0.05, 0) is 47.2 Å². The summed E-state index contributed by atoms with van der Waals surface area (Å²) in [6, 6.07) is 18.6. The number of anilines is 2. The van der Waals surface area contributed by atoms with Gasteiger partial charge in [-0.2, -0.15) is 0 Å². The fourth-order valence-corrected chi connectivity index (χ4v) is 4.14. The molecular weight excluding hydrogens is 396 g/mol. The number of nitrogens with zero attached hydrogens (tertiary/aromatic N) is 1. The van der Waals surface area contributed by atoms with Crippen LogP contribution in [0.1, 0.15) is 30.2 Å². The maximum absolute atomic E-state index is 13.3. The van der Waals surface area contributed by atoms with Crippen LogP contribution >= 0.6 is 11.3 Å². The highest BCUT2D eigenvalue weighted by Crippen LogP contribution is 2.36. The normalized spacial score (nSPS) is 14.1. The Labute approximate surface area is 179 Å². The minimum Gasteiger partial charge on any atom is -0.497 e. The molecule has 4 rings (SSSR count). The van der Waals surface area contributed by atoms with Crippen LogP contribution in [-0.2, 0) is 9.59 Å². The van der Waals surface area contributed by atoms with E-state index in [-0.39, 0.29) is 17.5 Å². The van der Waals surface area contributed by atoms with Crippen molar-refractivity contribution in [3.8, 4) is 5.75 Å². The summed E-state index contributed by atoms with van der Waals surface area (Å²) in [4.78, 5) is 28.6. The zero-order valence-electron chi connectivity index (χ0n) is 17.0. The number of ether oxygens (including phenoxy) is 1. The fraction of sp³-hybridized carbons (Fsp3) is 0.167. The first kappa shape index (κ1) is 19.9. The van der Waals surface area contributed by atoms with Gasteiger partial charge in [0, 0.05) is 16.6 Å². The van der Waals surface area contributed by atoms with Crippen molar-refractivity contribution >= 4 is 40.1 Å². The first-order chi connectivity index (χ1) is 14.5. The van der Waals surface area contributed by atoms with Crippen LogP contribution in [0.4, 0.5) is 11.4 Å². The molecule has 152 valence electrons. The summed E-state index contributed by atoms with van der Waals surface area (Å²) in [7, 11) is 1.55. The van der Waals surface area contributed by atoms with Crippen LogP contribution in [0.25, 0.3) is 5.57 Å². The van der Waals surface area contributed by atoms with Crippen LogP contribution in [-0.4, -0.2) is 18.9 Å². The Morgan fingerprint density at radius 2 is 1.73 bits per heavy atom. The second-order valence-electron chi connectivity index (χ2n) is 7.28. The summed E-state index contributed by atoms with van der Waals surface area (Å²) in [6.07, 6.45) is 0. The Hall–Kier alpha value is -3.38. The van der Waals surface area contributed by atoms with Crippen LogP contribution in [0.15, 0.2) is 71.7 Å². The molecule has 0 fully saturated rings. The van der Waals surface area contributed by atoms with E-state index in [1.807, 2.05) is 41.8 Å². The van der Waals surface area contributed by atoms with Gasteiger partial charge in [0.1, 0.15) is 11.4 Å². The lowest BCUT2D eigenvalue weighted by Gasteiger charge is -2.16. The molecule has 2 amide bonds. The SMILES string of the molecule is COc1cccc(N2C(=O)C(Nc3ccc(C(C)C)cc3)=C(c3cccs3)C2=O)c1. The number of hydrogen-bond donors (Lipinski definition) is 1. The molecule has 1 aromatic heterocycles. The molecule has 0 spiro atoms. The number of carbonyl (C=O) groups excluding carboxylic acids is 2. The lowest BCUT2D eigenvalue weighted by Crippen LogP contribution is -2.32. The molecule has 0 aliphatic carbocycles. The molecule has 2 aromatic carbocycles. The van der Waals surface area contributed by atoms with E-state index in [1.165, 1.54) is 21.8 Å². The molecule has 0 unspecified atom stereocenters. The Bertz CT molecular complexity index is 1120. The zero-order valence-corrected chi connectivity index (χ0v) is 17.8. The van der Waals surface area contributed by atoms with Crippen molar-refractivity contribution in [3.05, 3.63) is 82.2 Å². The van der Waals surface area contributed by atoms with Crippen LogP contribution in [0.2, 0.25) is 0 Å². The van der Waals surface area contributed by atoms with Crippen molar-refractivity contribution < 1.29 is 14.3 Å². The number of thiophene rings is 1. The van der Waals surface area contributed by atoms with Gasteiger partial charge < -0.3 is 10.1 Å². The van der Waals surface area contributed by atoms with E-state index in [4.69, 9.17) is 4.74 Å². The molecule has 0 saturated carbocycles. The van der Waals surface area contributed by atoms with Gasteiger partial charge in [0.2, 0.25) is 0 Å². The standard InChI is InChI=1S/C24H22N2O3S/c1-15(2)16-9-11-17(12-10-16)25-22-21(20-8-5-13-30-20)23(27)26(24(22)28)18-6-4-7-19(14-18)29-3/h4-15,25H,1-3H3. The second kappa shape index (κ2) is 8.16. The molecule has 0 saturated heterocycles. The molecule has 0 bridgehead atoms. The molecule has 1 N–H and O–H groups in total.